The number of carbonyl (C=O) groups excluding carboxylic acids is 2. The molecule has 0 aromatic carbocycles. The molecule has 1 heterocycles. The van der Waals surface area contributed by atoms with Gasteiger partial charge in [-0.2, -0.15) is 0 Å². The number of nitro groups is 1. The van der Waals surface area contributed by atoms with Crippen LogP contribution >= 0.6 is 0 Å². The summed E-state index contributed by atoms with van der Waals surface area (Å²) in [5.74, 6) is 0. The summed E-state index contributed by atoms with van der Waals surface area (Å²) in [4.78, 5) is 32.4. The van der Waals surface area contributed by atoms with Gasteiger partial charge in [-0.15, -0.1) is 0 Å². The molecule has 1 aliphatic rings. The van der Waals surface area contributed by atoms with Gasteiger partial charge in [-0.1, -0.05) is 0 Å². The maximum Gasteiger partial charge on any atom is 0.381 e. The van der Waals surface area contributed by atoms with Crippen LogP contribution in [0.1, 0.15) is 0 Å². The number of hydrogen-bond donors (Lipinski definition) is 4. The van der Waals surface area contributed by atoms with Crippen LogP contribution in [0.5, 0.6) is 0 Å². The highest BCUT2D eigenvalue weighted by Crippen LogP contribution is 2.33. The SMILES string of the molecule is CNC(=O)N(/C=C\C=O)[C@@H]1O[C@H](CO)[C@](O)([N+](=O)[O-])[C@H]1O. The van der Waals surface area contributed by atoms with E-state index in [1.807, 2.05) is 0 Å². The quantitative estimate of drug-likeness (QED) is 0.141. The molecule has 0 unspecified atom stereocenters. The third-order valence-electron chi connectivity index (χ3n) is 2.99. The molecule has 4 atom stereocenters. The van der Waals surface area contributed by atoms with Crippen molar-refractivity contribution in [3.05, 3.63) is 22.4 Å². The van der Waals surface area contributed by atoms with Crippen LogP contribution in [-0.4, -0.2) is 75.3 Å². The first kappa shape index (κ1) is 17.0. The summed E-state index contributed by atoms with van der Waals surface area (Å²) in [6.07, 6.45) is -3.40. The zero-order valence-electron chi connectivity index (χ0n) is 10.9. The Morgan fingerprint density at radius 1 is 1.62 bits per heavy atom. The molecule has 118 valence electrons. The van der Waals surface area contributed by atoms with Crippen molar-refractivity contribution < 1.29 is 34.6 Å². The number of rotatable bonds is 5. The minimum atomic E-state index is -2.99. The van der Waals surface area contributed by atoms with Crippen LogP contribution in [0, 0.1) is 10.1 Å². The van der Waals surface area contributed by atoms with Crippen LogP contribution in [-0.2, 0) is 9.53 Å². The molecule has 1 rings (SSSR count). The molecule has 0 aromatic rings. The summed E-state index contributed by atoms with van der Waals surface area (Å²) in [5.41, 5.74) is -2.99. The summed E-state index contributed by atoms with van der Waals surface area (Å²) in [6.45, 7) is -0.954. The zero-order valence-corrected chi connectivity index (χ0v) is 10.9. The Morgan fingerprint density at radius 2 is 2.24 bits per heavy atom. The van der Waals surface area contributed by atoms with E-state index < -0.39 is 41.7 Å². The summed E-state index contributed by atoms with van der Waals surface area (Å²) in [5, 5.41) is 42.0. The fourth-order valence-corrected chi connectivity index (χ4v) is 1.89. The molecule has 21 heavy (non-hydrogen) atoms. The standard InChI is InChI=1S/C10H15N3O8/c1-11-9(17)12(3-2-4-14)8-7(16)10(18,13(19)20)6(5-15)21-8/h2-4,6-8,15-16,18H,5H2,1H3,(H,11,17)/b3-2-/t6-,7+,8-,10-/m1/s1. The van der Waals surface area contributed by atoms with Gasteiger partial charge >= 0.3 is 11.8 Å². The first-order valence-corrected chi connectivity index (χ1v) is 5.77. The molecule has 11 heteroatoms. The predicted molar refractivity (Wildman–Crippen MR) is 65.2 cm³/mol. The van der Waals surface area contributed by atoms with E-state index >= 15 is 0 Å². The molecule has 2 amide bonds. The second-order valence-electron chi connectivity index (χ2n) is 4.12. The lowest BCUT2D eigenvalue weighted by Gasteiger charge is -2.26. The topological polar surface area (TPSA) is 162 Å². The Hall–Kier alpha value is -2.08. The van der Waals surface area contributed by atoms with E-state index in [0.29, 0.717) is 11.2 Å². The van der Waals surface area contributed by atoms with Gasteiger partial charge in [-0.25, -0.2) is 4.79 Å². The minimum absolute atomic E-state index is 0.334. The fraction of sp³-hybridized carbons (Fsp3) is 0.600. The van der Waals surface area contributed by atoms with Crippen molar-refractivity contribution in [2.24, 2.45) is 0 Å². The van der Waals surface area contributed by atoms with Gasteiger partial charge < -0.3 is 25.4 Å². The predicted octanol–water partition coefficient (Wildman–Crippen LogP) is -2.62. The van der Waals surface area contributed by atoms with E-state index in [-0.39, 0.29) is 0 Å². The minimum Gasteiger partial charge on any atom is -0.393 e. The van der Waals surface area contributed by atoms with Crippen molar-refractivity contribution >= 4 is 12.3 Å². The third kappa shape index (κ3) is 2.85. The van der Waals surface area contributed by atoms with Gasteiger partial charge in [-0.05, 0) is 6.08 Å². The van der Waals surface area contributed by atoms with Crippen molar-refractivity contribution in [1.29, 1.82) is 0 Å². The fourth-order valence-electron chi connectivity index (χ4n) is 1.89. The summed E-state index contributed by atoms with van der Waals surface area (Å²) in [6, 6.07) is -0.846. The smallest absolute Gasteiger partial charge is 0.381 e. The Labute approximate surface area is 118 Å². The first-order valence-electron chi connectivity index (χ1n) is 5.77. The van der Waals surface area contributed by atoms with E-state index in [1.54, 1.807) is 0 Å². The van der Waals surface area contributed by atoms with Crippen molar-refractivity contribution in [3.8, 4) is 0 Å². The van der Waals surface area contributed by atoms with E-state index in [2.05, 4.69) is 5.32 Å². The number of aliphatic hydroxyl groups is 3. The van der Waals surface area contributed by atoms with Crippen molar-refractivity contribution in [1.82, 2.24) is 10.2 Å². The van der Waals surface area contributed by atoms with Gasteiger partial charge in [0.15, 0.2) is 18.4 Å². The van der Waals surface area contributed by atoms with Gasteiger partial charge in [0.2, 0.25) is 0 Å². The number of hydrogen-bond acceptors (Lipinski definition) is 8. The molecule has 0 aromatic heterocycles. The summed E-state index contributed by atoms with van der Waals surface area (Å²) >= 11 is 0. The normalized spacial score (nSPS) is 32.1. The Morgan fingerprint density at radius 3 is 2.62 bits per heavy atom. The van der Waals surface area contributed by atoms with E-state index in [1.165, 1.54) is 7.05 Å². The van der Waals surface area contributed by atoms with Crippen molar-refractivity contribution in [2.45, 2.75) is 24.2 Å². The third-order valence-corrected chi connectivity index (χ3v) is 2.99. The van der Waals surface area contributed by atoms with Crippen LogP contribution < -0.4 is 5.32 Å². The van der Waals surface area contributed by atoms with Crippen LogP contribution in [0.3, 0.4) is 0 Å². The molecule has 1 saturated heterocycles. The van der Waals surface area contributed by atoms with E-state index in [9.17, 15) is 29.9 Å². The lowest BCUT2D eigenvalue weighted by molar-refractivity contribution is -0.640. The largest absolute Gasteiger partial charge is 0.393 e. The molecular formula is C10H15N3O8. The van der Waals surface area contributed by atoms with Gasteiger partial charge in [0.1, 0.15) is 6.29 Å². The average Bonchev–Trinajstić information content (AvgIpc) is 2.73. The van der Waals surface area contributed by atoms with Crippen LogP contribution in [0.25, 0.3) is 0 Å². The number of aliphatic hydroxyl groups excluding tert-OH is 2. The van der Waals surface area contributed by atoms with Gasteiger partial charge in [0.25, 0.3) is 0 Å². The Kier molecular flexibility index (Phi) is 5.32. The number of allylic oxidation sites excluding steroid dienone is 1. The van der Waals surface area contributed by atoms with E-state index in [4.69, 9.17) is 9.84 Å². The zero-order chi connectivity index (χ0) is 16.2. The van der Waals surface area contributed by atoms with Crippen molar-refractivity contribution in [2.75, 3.05) is 13.7 Å². The van der Waals surface area contributed by atoms with Crippen LogP contribution in [0.15, 0.2) is 12.3 Å². The van der Waals surface area contributed by atoms with Gasteiger partial charge in [-0.3, -0.25) is 19.8 Å². The molecule has 0 spiro atoms. The number of urea groups is 1. The molecule has 4 N–H and O–H groups in total. The average molecular weight is 305 g/mol. The second-order valence-corrected chi connectivity index (χ2v) is 4.12. The lowest BCUT2D eigenvalue weighted by Crippen LogP contribution is -2.57. The van der Waals surface area contributed by atoms with Crippen LogP contribution in [0.4, 0.5) is 4.79 Å². The Bertz CT molecular complexity index is 456. The number of nitrogens with zero attached hydrogens (tertiary/aromatic N) is 2. The summed E-state index contributed by atoms with van der Waals surface area (Å²) in [7, 11) is 1.24. The Balaban J connectivity index is 3.17. The maximum absolute atomic E-state index is 11.7. The molecule has 1 aliphatic heterocycles. The van der Waals surface area contributed by atoms with Gasteiger partial charge in [0.05, 0.1) is 11.5 Å². The molecule has 0 aliphatic carbocycles. The number of ether oxygens (including phenoxy) is 1. The molecule has 0 radical (unpaired) electrons. The number of nitrogens with one attached hydrogen (secondary N) is 1. The lowest BCUT2D eigenvalue weighted by atomic mass is 10.0. The first-order chi connectivity index (χ1) is 9.84. The van der Waals surface area contributed by atoms with E-state index in [0.717, 1.165) is 12.3 Å². The highest BCUT2D eigenvalue weighted by molar-refractivity contribution is 5.76. The number of amides is 2. The highest BCUT2D eigenvalue weighted by atomic mass is 16.7. The number of carbonyl (C=O) groups is 2. The number of aldehydes is 1. The molecule has 1 fully saturated rings. The highest BCUT2D eigenvalue weighted by Gasteiger charge is 2.67. The maximum atomic E-state index is 11.7. The van der Waals surface area contributed by atoms with Crippen LogP contribution in [0.2, 0.25) is 0 Å². The monoisotopic (exact) mass is 305 g/mol. The van der Waals surface area contributed by atoms with Crippen molar-refractivity contribution in [3.63, 3.8) is 0 Å². The molecular weight excluding hydrogens is 290 g/mol. The molecule has 0 bridgehead atoms. The molecule has 11 nitrogen and oxygen atoms in total. The molecule has 0 saturated carbocycles. The van der Waals surface area contributed by atoms with Gasteiger partial charge in [0, 0.05) is 13.2 Å². The summed E-state index contributed by atoms with van der Waals surface area (Å²) < 4.78 is 4.99. The second kappa shape index (κ2) is 6.58.